The van der Waals surface area contributed by atoms with Gasteiger partial charge in [0.25, 0.3) is 0 Å². The van der Waals surface area contributed by atoms with E-state index in [4.69, 9.17) is 14.2 Å². The molecule has 0 saturated carbocycles. The molecule has 3 rings (SSSR count). The maximum absolute atomic E-state index is 12.1. The van der Waals surface area contributed by atoms with Crippen LogP contribution < -0.4 is 24.8 Å². The molecule has 3 aromatic rings. The normalized spacial score (nSPS) is 10.2. The van der Waals surface area contributed by atoms with Crippen LogP contribution in [0.15, 0.2) is 54.6 Å². The lowest BCUT2D eigenvalue weighted by Gasteiger charge is -2.12. The fourth-order valence-corrected chi connectivity index (χ4v) is 2.66. The summed E-state index contributed by atoms with van der Waals surface area (Å²) in [6, 6.07) is 16.4. The molecule has 0 aliphatic heterocycles. The van der Waals surface area contributed by atoms with Crippen LogP contribution in [0.4, 0.5) is 10.5 Å². The molecule has 2 N–H and O–H groups in total. The van der Waals surface area contributed by atoms with E-state index in [1.165, 1.54) is 12.7 Å². The van der Waals surface area contributed by atoms with Crippen LogP contribution in [-0.4, -0.2) is 43.6 Å². The second kappa shape index (κ2) is 10.1. The van der Waals surface area contributed by atoms with Crippen molar-refractivity contribution in [2.75, 3.05) is 32.7 Å². The summed E-state index contributed by atoms with van der Waals surface area (Å²) < 4.78 is 15.9. The van der Waals surface area contributed by atoms with Gasteiger partial charge in [0.15, 0.2) is 0 Å². The molecule has 0 bridgehead atoms. The van der Waals surface area contributed by atoms with Gasteiger partial charge in [0.1, 0.15) is 18.1 Å². The Hall–Kier alpha value is -3.81. The Labute approximate surface area is 175 Å². The molecule has 8 heteroatoms. The smallest absolute Gasteiger partial charge is 0.319 e. The van der Waals surface area contributed by atoms with Crippen LogP contribution in [0, 0.1) is 6.92 Å². The predicted octanol–water partition coefficient (Wildman–Crippen LogP) is 3.67. The minimum Gasteiger partial charge on any atom is -0.497 e. The van der Waals surface area contributed by atoms with Crippen LogP contribution in [0.25, 0.3) is 11.3 Å². The Balaban J connectivity index is 1.44. The zero-order valence-corrected chi connectivity index (χ0v) is 17.1. The largest absolute Gasteiger partial charge is 0.497 e. The number of aryl methyl sites for hydroxylation is 1. The first-order valence-electron chi connectivity index (χ1n) is 9.39. The first-order chi connectivity index (χ1) is 14.6. The highest BCUT2D eigenvalue weighted by atomic mass is 16.5. The Morgan fingerprint density at radius 2 is 1.77 bits per heavy atom. The van der Waals surface area contributed by atoms with Gasteiger partial charge in [-0.25, -0.2) is 4.79 Å². The molecule has 2 aromatic carbocycles. The van der Waals surface area contributed by atoms with E-state index in [1.54, 1.807) is 31.4 Å². The van der Waals surface area contributed by atoms with Crippen molar-refractivity contribution in [1.29, 1.82) is 0 Å². The molecule has 0 aliphatic carbocycles. The number of hydrogen-bond donors (Lipinski definition) is 2. The molecule has 30 heavy (non-hydrogen) atoms. The Morgan fingerprint density at radius 3 is 2.43 bits per heavy atom. The van der Waals surface area contributed by atoms with Crippen LogP contribution in [0.3, 0.4) is 0 Å². The average Bonchev–Trinajstić information content (AvgIpc) is 2.78. The van der Waals surface area contributed by atoms with E-state index < -0.39 is 0 Å². The molecule has 1 heterocycles. The highest BCUT2D eigenvalue weighted by molar-refractivity contribution is 5.91. The maximum Gasteiger partial charge on any atom is 0.319 e. The summed E-state index contributed by atoms with van der Waals surface area (Å²) in [6.07, 6.45) is 0. The third-order valence-corrected chi connectivity index (χ3v) is 4.28. The molecule has 0 radical (unpaired) electrons. The summed E-state index contributed by atoms with van der Waals surface area (Å²) in [5.41, 5.74) is 3.49. The van der Waals surface area contributed by atoms with E-state index in [-0.39, 0.29) is 12.6 Å². The summed E-state index contributed by atoms with van der Waals surface area (Å²) in [5.74, 6) is 1.54. The highest BCUT2D eigenvalue weighted by Crippen LogP contribution is 2.28. The number of rotatable bonds is 8. The van der Waals surface area contributed by atoms with Crippen LogP contribution in [0.2, 0.25) is 0 Å². The van der Waals surface area contributed by atoms with Crippen LogP contribution in [0.5, 0.6) is 17.4 Å². The molecule has 156 valence electrons. The number of carbonyl (C=O) groups excluding carboxylic acids is 1. The molecule has 0 fully saturated rings. The second-order valence-electron chi connectivity index (χ2n) is 6.42. The number of carbonyl (C=O) groups is 1. The van der Waals surface area contributed by atoms with Crippen molar-refractivity contribution in [1.82, 2.24) is 15.5 Å². The van der Waals surface area contributed by atoms with Gasteiger partial charge in [0.05, 0.1) is 32.1 Å². The number of aromatic nitrogens is 2. The first kappa shape index (κ1) is 20.9. The van der Waals surface area contributed by atoms with Crippen molar-refractivity contribution in [2.24, 2.45) is 0 Å². The van der Waals surface area contributed by atoms with Gasteiger partial charge in [-0.2, -0.15) is 0 Å². The molecule has 0 atom stereocenters. The van der Waals surface area contributed by atoms with Crippen molar-refractivity contribution < 1.29 is 19.0 Å². The van der Waals surface area contributed by atoms with Gasteiger partial charge in [-0.15, -0.1) is 10.2 Å². The van der Waals surface area contributed by atoms with Crippen molar-refractivity contribution in [3.8, 4) is 28.6 Å². The van der Waals surface area contributed by atoms with Gasteiger partial charge < -0.3 is 24.8 Å². The zero-order chi connectivity index (χ0) is 21.3. The van der Waals surface area contributed by atoms with Crippen LogP contribution in [-0.2, 0) is 0 Å². The van der Waals surface area contributed by atoms with Crippen molar-refractivity contribution in [2.45, 2.75) is 6.92 Å². The fourth-order valence-electron chi connectivity index (χ4n) is 2.66. The molecule has 8 nitrogen and oxygen atoms in total. The molecule has 0 aliphatic rings. The van der Waals surface area contributed by atoms with Crippen LogP contribution >= 0.6 is 0 Å². The van der Waals surface area contributed by atoms with Gasteiger partial charge in [-0.05, 0) is 25.1 Å². The summed E-state index contributed by atoms with van der Waals surface area (Å²) in [6.45, 7) is 2.59. The third-order valence-electron chi connectivity index (χ3n) is 4.28. The van der Waals surface area contributed by atoms with E-state index in [1.807, 2.05) is 37.3 Å². The lowest BCUT2D eigenvalue weighted by Crippen LogP contribution is -2.32. The van der Waals surface area contributed by atoms with Gasteiger partial charge >= 0.3 is 6.03 Å². The quantitative estimate of drug-likeness (QED) is 0.552. The standard InChI is InChI=1S/C22H24N4O4/c1-15-4-6-16(7-5-15)18-10-11-21(26-25-18)30-13-12-23-22(27)24-19-9-8-17(28-2)14-20(19)29-3/h4-11,14H,12-13H2,1-3H3,(H2,23,24,27). The Morgan fingerprint density at radius 1 is 0.967 bits per heavy atom. The minimum atomic E-state index is -0.372. The van der Waals surface area contributed by atoms with Gasteiger partial charge in [0.2, 0.25) is 5.88 Å². The molecule has 2 amide bonds. The second-order valence-corrected chi connectivity index (χ2v) is 6.42. The van der Waals surface area contributed by atoms with E-state index in [0.717, 1.165) is 11.3 Å². The zero-order valence-electron chi connectivity index (χ0n) is 17.1. The lowest BCUT2D eigenvalue weighted by atomic mass is 10.1. The summed E-state index contributed by atoms with van der Waals surface area (Å²) >= 11 is 0. The summed E-state index contributed by atoms with van der Waals surface area (Å²) in [4.78, 5) is 12.1. The number of nitrogens with zero attached hydrogens (tertiary/aromatic N) is 2. The maximum atomic E-state index is 12.1. The highest BCUT2D eigenvalue weighted by Gasteiger charge is 2.09. The summed E-state index contributed by atoms with van der Waals surface area (Å²) in [5, 5.41) is 13.7. The predicted molar refractivity (Wildman–Crippen MR) is 114 cm³/mol. The number of nitrogens with one attached hydrogen (secondary N) is 2. The number of ether oxygens (including phenoxy) is 3. The van der Waals surface area contributed by atoms with E-state index in [0.29, 0.717) is 29.6 Å². The molecule has 0 unspecified atom stereocenters. The number of methoxy groups -OCH3 is 2. The monoisotopic (exact) mass is 408 g/mol. The van der Waals surface area contributed by atoms with Crippen molar-refractivity contribution in [3.05, 3.63) is 60.2 Å². The van der Waals surface area contributed by atoms with E-state index in [2.05, 4.69) is 20.8 Å². The number of anilines is 1. The molecule has 1 aromatic heterocycles. The number of hydrogen-bond acceptors (Lipinski definition) is 6. The van der Waals surface area contributed by atoms with Crippen LogP contribution in [0.1, 0.15) is 5.56 Å². The fraction of sp³-hybridized carbons (Fsp3) is 0.227. The van der Waals surface area contributed by atoms with Crippen molar-refractivity contribution >= 4 is 11.7 Å². The summed E-state index contributed by atoms with van der Waals surface area (Å²) in [7, 11) is 3.09. The first-order valence-corrected chi connectivity index (χ1v) is 9.39. The lowest BCUT2D eigenvalue weighted by molar-refractivity contribution is 0.246. The Bertz CT molecular complexity index is 975. The molecular formula is C22H24N4O4. The van der Waals surface area contributed by atoms with Gasteiger partial charge in [0, 0.05) is 17.7 Å². The SMILES string of the molecule is COc1ccc(NC(=O)NCCOc2ccc(-c3ccc(C)cc3)nn2)c(OC)c1. The van der Waals surface area contributed by atoms with E-state index in [9.17, 15) is 4.79 Å². The number of amides is 2. The van der Waals surface area contributed by atoms with Gasteiger partial charge in [-0.1, -0.05) is 29.8 Å². The molecule has 0 saturated heterocycles. The molecular weight excluding hydrogens is 384 g/mol. The minimum absolute atomic E-state index is 0.256. The Kier molecular flexibility index (Phi) is 7.05. The van der Waals surface area contributed by atoms with E-state index >= 15 is 0 Å². The van der Waals surface area contributed by atoms with Crippen molar-refractivity contribution in [3.63, 3.8) is 0 Å². The number of urea groups is 1. The van der Waals surface area contributed by atoms with Gasteiger partial charge in [-0.3, -0.25) is 0 Å². The average molecular weight is 408 g/mol. The topological polar surface area (TPSA) is 94.6 Å². The molecule has 0 spiro atoms. The third kappa shape index (κ3) is 5.60. The number of benzene rings is 2.